The van der Waals surface area contributed by atoms with Crippen molar-refractivity contribution in [3.8, 4) is 0 Å². The third-order valence-electron chi connectivity index (χ3n) is 5.31. The van der Waals surface area contributed by atoms with Crippen LogP contribution in [-0.4, -0.2) is 11.5 Å². The van der Waals surface area contributed by atoms with Gasteiger partial charge in [0.1, 0.15) is 0 Å². The minimum Gasteiger partial charge on any atom is -0.310 e. The highest BCUT2D eigenvalue weighted by molar-refractivity contribution is 5.25. The maximum atomic E-state index is 4.23. The van der Waals surface area contributed by atoms with Gasteiger partial charge in [-0.15, -0.1) is 0 Å². The maximum Gasteiger partial charge on any atom is 0.0326 e. The molecule has 2 aliphatic carbocycles. The number of pyridine rings is 1. The van der Waals surface area contributed by atoms with Crippen LogP contribution in [0.25, 0.3) is 0 Å². The van der Waals surface area contributed by atoms with E-state index in [1.165, 1.54) is 43.2 Å². The van der Waals surface area contributed by atoms with Gasteiger partial charge in [-0.25, -0.2) is 0 Å². The molecule has 19 heavy (non-hydrogen) atoms. The van der Waals surface area contributed by atoms with Crippen LogP contribution in [0.2, 0.25) is 0 Å². The Labute approximate surface area is 117 Å². The number of aromatic nitrogens is 1. The lowest BCUT2D eigenvalue weighted by Gasteiger charge is -2.28. The quantitative estimate of drug-likeness (QED) is 0.867. The van der Waals surface area contributed by atoms with E-state index < -0.39 is 0 Å². The summed E-state index contributed by atoms with van der Waals surface area (Å²) in [7, 11) is 0. The van der Waals surface area contributed by atoms with Crippen molar-refractivity contribution < 1.29 is 0 Å². The maximum absolute atomic E-state index is 4.23. The third-order valence-corrected chi connectivity index (χ3v) is 5.31. The van der Waals surface area contributed by atoms with Crippen LogP contribution in [0.15, 0.2) is 18.5 Å². The van der Waals surface area contributed by atoms with E-state index in [4.69, 9.17) is 0 Å². The van der Waals surface area contributed by atoms with Crippen LogP contribution < -0.4 is 5.32 Å². The first-order chi connectivity index (χ1) is 9.28. The summed E-state index contributed by atoms with van der Waals surface area (Å²) in [6, 6.07) is 2.73. The predicted octanol–water partition coefficient (Wildman–Crippen LogP) is 3.87. The smallest absolute Gasteiger partial charge is 0.0326 e. The molecule has 104 valence electrons. The molecule has 4 unspecified atom stereocenters. The van der Waals surface area contributed by atoms with Gasteiger partial charge in [0, 0.05) is 18.4 Å². The van der Waals surface area contributed by atoms with Crippen molar-refractivity contribution >= 4 is 0 Å². The average Bonchev–Trinajstić information content (AvgIpc) is 3.01. The van der Waals surface area contributed by atoms with Gasteiger partial charge in [-0.05, 0) is 74.1 Å². The van der Waals surface area contributed by atoms with Crippen LogP contribution in [-0.2, 0) is 0 Å². The fraction of sp³-hybridized carbons (Fsp3) is 0.706. The van der Waals surface area contributed by atoms with E-state index in [0.717, 1.165) is 24.3 Å². The summed E-state index contributed by atoms with van der Waals surface area (Å²) in [6.07, 6.45) is 11.2. The van der Waals surface area contributed by atoms with Crippen molar-refractivity contribution in [3.05, 3.63) is 29.6 Å². The molecule has 1 heterocycles. The van der Waals surface area contributed by atoms with E-state index >= 15 is 0 Å². The molecule has 2 bridgehead atoms. The summed E-state index contributed by atoms with van der Waals surface area (Å²) in [5.41, 5.74) is 2.79. The Morgan fingerprint density at radius 1 is 1.37 bits per heavy atom. The lowest BCUT2D eigenvalue weighted by Crippen LogP contribution is -2.26. The molecular formula is C17H26N2. The first-order valence-electron chi connectivity index (χ1n) is 7.91. The van der Waals surface area contributed by atoms with E-state index in [1.807, 2.05) is 12.4 Å². The van der Waals surface area contributed by atoms with E-state index in [1.54, 1.807) is 0 Å². The van der Waals surface area contributed by atoms with Gasteiger partial charge in [0.2, 0.25) is 0 Å². The van der Waals surface area contributed by atoms with E-state index in [-0.39, 0.29) is 0 Å². The second-order valence-electron chi connectivity index (χ2n) is 6.51. The molecule has 0 aromatic carbocycles. The van der Waals surface area contributed by atoms with Crippen LogP contribution in [0.5, 0.6) is 0 Å². The second-order valence-corrected chi connectivity index (χ2v) is 6.51. The lowest BCUT2D eigenvalue weighted by atomic mass is 9.82. The van der Waals surface area contributed by atoms with Crippen molar-refractivity contribution in [2.75, 3.05) is 6.54 Å². The van der Waals surface area contributed by atoms with Gasteiger partial charge in [-0.3, -0.25) is 4.98 Å². The second kappa shape index (κ2) is 5.62. The Bertz CT molecular complexity index is 429. The fourth-order valence-corrected chi connectivity index (χ4v) is 4.41. The molecule has 1 aromatic rings. The molecule has 2 aliphatic rings. The Morgan fingerprint density at radius 3 is 2.89 bits per heavy atom. The molecule has 2 fully saturated rings. The SMILES string of the molecule is CCNC(CC1CC2CCC1C2)c1ccncc1C. The third kappa shape index (κ3) is 2.69. The minimum absolute atomic E-state index is 0.525. The van der Waals surface area contributed by atoms with Gasteiger partial charge in [-0.2, -0.15) is 0 Å². The Balaban J connectivity index is 1.73. The first kappa shape index (κ1) is 13.1. The molecule has 1 N–H and O–H groups in total. The molecule has 0 spiro atoms. The van der Waals surface area contributed by atoms with Gasteiger partial charge >= 0.3 is 0 Å². The van der Waals surface area contributed by atoms with Gasteiger partial charge in [-0.1, -0.05) is 13.3 Å². The van der Waals surface area contributed by atoms with Gasteiger partial charge in [0.25, 0.3) is 0 Å². The van der Waals surface area contributed by atoms with E-state index in [9.17, 15) is 0 Å². The number of aryl methyl sites for hydroxylation is 1. The standard InChI is InChI=1S/C17H26N2/c1-3-19-17(16-6-7-18-11-12(16)2)10-15-9-13-4-5-14(15)8-13/h6-7,11,13-15,17,19H,3-5,8-10H2,1-2H3. The average molecular weight is 258 g/mol. The Morgan fingerprint density at radius 2 is 2.26 bits per heavy atom. The number of hydrogen-bond acceptors (Lipinski definition) is 2. The molecular weight excluding hydrogens is 232 g/mol. The number of fused-ring (bicyclic) bond motifs is 2. The predicted molar refractivity (Wildman–Crippen MR) is 78.9 cm³/mol. The molecule has 2 saturated carbocycles. The minimum atomic E-state index is 0.525. The molecule has 0 saturated heterocycles. The highest BCUT2D eigenvalue weighted by atomic mass is 14.9. The van der Waals surface area contributed by atoms with Crippen LogP contribution in [0, 0.1) is 24.7 Å². The van der Waals surface area contributed by atoms with Crippen molar-refractivity contribution in [2.45, 2.75) is 52.0 Å². The summed E-state index contributed by atoms with van der Waals surface area (Å²) in [5, 5.41) is 3.70. The van der Waals surface area contributed by atoms with E-state index in [0.29, 0.717) is 6.04 Å². The zero-order valence-corrected chi connectivity index (χ0v) is 12.2. The summed E-state index contributed by atoms with van der Waals surface area (Å²) >= 11 is 0. The van der Waals surface area contributed by atoms with Crippen LogP contribution >= 0.6 is 0 Å². The van der Waals surface area contributed by atoms with Gasteiger partial charge in [0.15, 0.2) is 0 Å². The Hall–Kier alpha value is -0.890. The molecule has 2 heteroatoms. The number of hydrogen-bond donors (Lipinski definition) is 1. The summed E-state index contributed by atoms with van der Waals surface area (Å²) in [6.45, 7) is 5.45. The van der Waals surface area contributed by atoms with E-state index in [2.05, 4.69) is 30.2 Å². The highest BCUT2D eigenvalue weighted by Gasteiger charge is 2.40. The number of nitrogens with one attached hydrogen (secondary N) is 1. The Kier molecular flexibility index (Phi) is 3.88. The normalized spacial score (nSPS) is 30.7. The van der Waals surface area contributed by atoms with Crippen LogP contribution in [0.4, 0.5) is 0 Å². The molecule has 1 aromatic heterocycles. The van der Waals surface area contributed by atoms with Crippen LogP contribution in [0.3, 0.4) is 0 Å². The summed E-state index contributed by atoms with van der Waals surface area (Å²) in [4.78, 5) is 4.23. The summed E-state index contributed by atoms with van der Waals surface area (Å²) in [5.74, 6) is 3.03. The monoisotopic (exact) mass is 258 g/mol. The van der Waals surface area contributed by atoms with Crippen molar-refractivity contribution in [2.24, 2.45) is 17.8 Å². The first-order valence-corrected chi connectivity index (χ1v) is 7.91. The molecule has 3 rings (SSSR count). The van der Waals surface area contributed by atoms with Crippen molar-refractivity contribution in [1.82, 2.24) is 10.3 Å². The topological polar surface area (TPSA) is 24.9 Å². The molecule has 0 radical (unpaired) electrons. The zero-order valence-electron chi connectivity index (χ0n) is 12.2. The molecule has 0 amide bonds. The van der Waals surface area contributed by atoms with Gasteiger partial charge in [0.05, 0.1) is 0 Å². The number of rotatable bonds is 5. The van der Waals surface area contributed by atoms with Crippen LogP contribution in [0.1, 0.15) is 56.2 Å². The highest BCUT2D eigenvalue weighted by Crippen LogP contribution is 2.51. The van der Waals surface area contributed by atoms with Gasteiger partial charge < -0.3 is 5.32 Å². The zero-order chi connectivity index (χ0) is 13.2. The number of nitrogens with zero attached hydrogens (tertiary/aromatic N) is 1. The molecule has 0 aliphatic heterocycles. The summed E-state index contributed by atoms with van der Waals surface area (Å²) < 4.78 is 0. The van der Waals surface area contributed by atoms with Crippen molar-refractivity contribution in [3.63, 3.8) is 0 Å². The molecule has 2 nitrogen and oxygen atoms in total. The fourth-order valence-electron chi connectivity index (χ4n) is 4.41. The van der Waals surface area contributed by atoms with Crippen molar-refractivity contribution in [1.29, 1.82) is 0 Å². The largest absolute Gasteiger partial charge is 0.310 e. The lowest BCUT2D eigenvalue weighted by molar-refractivity contribution is 0.280. The molecule has 4 atom stereocenters.